The van der Waals surface area contributed by atoms with Crippen molar-refractivity contribution in [3.05, 3.63) is 71.3 Å². The van der Waals surface area contributed by atoms with Gasteiger partial charge < -0.3 is 10.2 Å². The van der Waals surface area contributed by atoms with Crippen LogP contribution in [0.15, 0.2) is 54.6 Å². The van der Waals surface area contributed by atoms with Gasteiger partial charge in [-0.1, -0.05) is 42.5 Å². The quantitative estimate of drug-likeness (QED) is 0.915. The van der Waals surface area contributed by atoms with Crippen LogP contribution in [0.5, 0.6) is 0 Å². The molecule has 2 aliphatic heterocycles. The molecular weight excluding hydrogens is 308 g/mol. The van der Waals surface area contributed by atoms with Gasteiger partial charge in [0, 0.05) is 18.7 Å². The van der Waals surface area contributed by atoms with E-state index in [1.807, 2.05) is 18.2 Å². The van der Waals surface area contributed by atoms with Crippen molar-refractivity contribution >= 4 is 5.91 Å². The first-order valence-electron chi connectivity index (χ1n) is 9.49. The minimum atomic E-state index is 0.178. The highest BCUT2D eigenvalue weighted by atomic mass is 16.2. The maximum atomic E-state index is 13.2. The number of carbonyl (C=O) groups excluding carboxylic acids is 1. The predicted molar refractivity (Wildman–Crippen MR) is 101 cm³/mol. The molecule has 130 valence electrons. The molecule has 2 heterocycles. The average molecular weight is 334 g/mol. The summed E-state index contributed by atoms with van der Waals surface area (Å²) in [6, 6.07) is 19.0. The number of benzene rings is 2. The lowest BCUT2D eigenvalue weighted by Crippen LogP contribution is -2.31. The molecule has 2 aliphatic rings. The number of nitrogens with zero attached hydrogens (tertiary/aromatic N) is 1. The van der Waals surface area contributed by atoms with E-state index in [9.17, 15) is 4.79 Å². The Hall–Kier alpha value is -2.13. The largest absolute Gasteiger partial charge is 0.332 e. The lowest BCUT2D eigenvalue weighted by molar-refractivity contribution is 0.0735. The number of rotatable bonds is 3. The summed E-state index contributed by atoms with van der Waals surface area (Å²) >= 11 is 0. The Kier molecular flexibility index (Phi) is 4.84. The third-order valence-corrected chi connectivity index (χ3v) is 5.60. The van der Waals surface area contributed by atoms with Crippen molar-refractivity contribution in [1.82, 2.24) is 10.2 Å². The van der Waals surface area contributed by atoms with E-state index < -0.39 is 0 Å². The Balaban J connectivity index is 1.56. The molecule has 0 bridgehead atoms. The lowest BCUT2D eigenvalue weighted by atomic mass is 9.90. The summed E-state index contributed by atoms with van der Waals surface area (Å²) in [6.07, 6.45) is 4.56. The molecule has 0 saturated carbocycles. The van der Waals surface area contributed by atoms with Gasteiger partial charge in [-0.05, 0) is 61.4 Å². The van der Waals surface area contributed by atoms with Crippen LogP contribution in [0.1, 0.15) is 59.1 Å². The second kappa shape index (κ2) is 7.40. The molecule has 0 unspecified atom stereocenters. The van der Waals surface area contributed by atoms with E-state index in [1.54, 1.807) is 0 Å². The molecule has 3 heteroatoms. The molecule has 4 rings (SSSR count). The summed E-state index contributed by atoms with van der Waals surface area (Å²) in [5.41, 5.74) is 3.39. The summed E-state index contributed by atoms with van der Waals surface area (Å²) in [7, 11) is 0. The van der Waals surface area contributed by atoms with Crippen LogP contribution in [0.25, 0.3) is 0 Å². The number of hydrogen-bond donors (Lipinski definition) is 1. The molecule has 1 N–H and O–H groups in total. The Bertz CT molecular complexity index is 722. The molecule has 2 atom stereocenters. The summed E-state index contributed by atoms with van der Waals surface area (Å²) in [5.74, 6) is 0.710. The number of amides is 1. The molecule has 2 aromatic carbocycles. The summed E-state index contributed by atoms with van der Waals surface area (Å²) in [4.78, 5) is 15.2. The SMILES string of the molecule is O=C(c1cccc([C@@H]2CCCNC2)c1)N1CCC[C@@H]1c1ccccc1. The summed E-state index contributed by atoms with van der Waals surface area (Å²) in [5, 5.41) is 3.47. The van der Waals surface area contributed by atoms with E-state index in [1.165, 1.54) is 24.0 Å². The highest BCUT2D eigenvalue weighted by Crippen LogP contribution is 2.33. The normalized spacial score (nSPS) is 23.6. The first-order valence-corrected chi connectivity index (χ1v) is 9.49. The molecule has 3 nitrogen and oxygen atoms in total. The average Bonchev–Trinajstić information content (AvgIpc) is 3.19. The standard InChI is InChI=1S/C22H26N2O/c25-22(24-14-6-12-21(24)17-7-2-1-3-8-17)19-10-4-9-18(15-19)20-11-5-13-23-16-20/h1-4,7-10,15,20-21,23H,5-6,11-14,16H2/t20-,21-/m1/s1. The minimum Gasteiger partial charge on any atom is -0.332 e. The van der Waals surface area contributed by atoms with Gasteiger partial charge in [0.1, 0.15) is 0 Å². The molecule has 2 fully saturated rings. The van der Waals surface area contributed by atoms with Crippen molar-refractivity contribution in [2.24, 2.45) is 0 Å². The van der Waals surface area contributed by atoms with Crippen LogP contribution >= 0.6 is 0 Å². The molecule has 0 aromatic heterocycles. The molecule has 25 heavy (non-hydrogen) atoms. The minimum absolute atomic E-state index is 0.178. The zero-order valence-corrected chi connectivity index (χ0v) is 14.7. The lowest BCUT2D eigenvalue weighted by Gasteiger charge is -2.26. The first kappa shape index (κ1) is 16.3. The Morgan fingerprint density at radius 1 is 0.960 bits per heavy atom. The van der Waals surface area contributed by atoms with Crippen molar-refractivity contribution in [2.45, 2.75) is 37.6 Å². The number of piperidine rings is 1. The molecule has 1 amide bonds. The maximum absolute atomic E-state index is 13.2. The van der Waals surface area contributed by atoms with Crippen LogP contribution in [0.3, 0.4) is 0 Å². The van der Waals surface area contributed by atoms with E-state index in [0.717, 1.165) is 38.0 Å². The third-order valence-electron chi connectivity index (χ3n) is 5.60. The second-order valence-electron chi connectivity index (χ2n) is 7.24. The fraction of sp³-hybridized carbons (Fsp3) is 0.409. The summed E-state index contributed by atoms with van der Waals surface area (Å²) < 4.78 is 0. The molecule has 0 radical (unpaired) electrons. The first-order chi connectivity index (χ1) is 12.3. The highest BCUT2D eigenvalue weighted by molar-refractivity contribution is 5.95. The van der Waals surface area contributed by atoms with Gasteiger partial charge in [0.15, 0.2) is 0 Å². The maximum Gasteiger partial charge on any atom is 0.254 e. The molecule has 2 aromatic rings. The van der Waals surface area contributed by atoms with E-state index in [0.29, 0.717) is 5.92 Å². The van der Waals surface area contributed by atoms with Gasteiger partial charge in [0.2, 0.25) is 0 Å². The van der Waals surface area contributed by atoms with Gasteiger partial charge >= 0.3 is 0 Å². The van der Waals surface area contributed by atoms with Crippen LogP contribution in [-0.2, 0) is 0 Å². The highest BCUT2D eigenvalue weighted by Gasteiger charge is 2.30. The van der Waals surface area contributed by atoms with Gasteiger partial charge in [-0.15, -0.1) is 0 Å². The van der Waals surface area contributed by atoms with E-state index in [-0.39, 0.29) is 11.9 Å². The van der Waals surface area contributed by atoms with Gasteiger partial charge in [0.05, 0.1) is 6.04 Å². The topological polar surface area (TPSA) is 32.3 Å². The number of hydrogen-bond acceptors (Lipinski definition) is 2. The van der Waals surface area contributed by atoms with Crippen molar-refractivity contribution < 1.29 is 4.79 Å². The van der Waals surface area contributed by atoms with E-state index >= 15 is 0 Å². The molecule has 0 aliphatic carbocycles. The smallest absolute Gasteiger partial charge is 0.254 e. The Morgan fingerprint density at radius 2 is 1.80 bits per heavy atom. The Labute approximate surface area is 150 Å². The van der Waals surface area contributed by atoms with Gasteiger partial charge in [0.25, 0.3) is 5.91 Å². The van der Waals surface area contributed by atoms with Crippen molar-refractivity contribution in [3.8, 4) is 0 Å². The van der Waals surface area contributed by atoms with Gasteiger partial charge in [-0.3, -0.25) is 4.79 Å². The third kappa shape index (κ3) is 3.47. The van der Waals surface area contributed by atoms with Crippen LogP contribution in [0, 0.1) is 0 Å². The van der Waals surface area contributed by atoms with Crippen LogP contribution < -0.4 is 5.32 Å². The zero-order chi connectivity index (χ0) is 17.1. The number of carbonyl (C=O) groups is 1. The van der Waals surface area contributed by atoms with Crippen LogP contribution in [0.2, 0.25) is 0 Å². The molecular formula is C22H26N2O. The predicted octanol–water partition coefficient (Wildman–Crippen LogP) is 4.13. The van der Waals surface area contributed by atoms with Gasteiger partial charge in [-0.25, -0.2) is 0 Å². The van der Waals surface area contributed by atoms with Crippen molar-refractivity contribution in [1.29, 1.82) is 0 Å². The van der Waals surface area contributed by atoms with Gasteiger partial charge in [-0.2, -0.15) is 0 Å². The van der Waals surface area contributed by atoms with E-state index in [2.05, 4.69) is 46.6 Å². The monoisotopic (exact) mass is 334 g/mol. The van der Waals surface area contributed by atoms with Crippen LogP contribution in [0.4, 0.5) is 0 Å². The van der Waals surface area contributed by atoms with Crippen molar-refractivity contribution in [2.75, 3.05) is 19.6 Å². The summed E-state index contributed by atoms with van der Waals surface area (Å²) in [6.45, 7) is 2.99. The van der Waals surface area contributed by atoms with Crippen LogP contribution in [-0.4, -0.2) is 30.4 Å². The Morgan fingerprint density at radius 3 is 2.60 bits per heavy atom. The fourth-order valence-corrected chi connectivity index (χ4v) is 4.26. The van der Waals surface area contributed by atoms with Crippen molar-refractivity contribution in [3.63, 3.8) is 0 Å². The fourth-order valence-electron chi connectivity index (χ4n) is 4.26. The number of nitrogens with one attached hydrogen (secondary N) is 1. The second-order valence-corrected chi connectivity index (χ2v) is 7.24. The zero-order valence-electron chi connectivity index (χ0n) is 14.7. The molecule has 2 saturated heterocycles. The number of likely N-dealkylation sites (tertiary alicyclic amines) is 1. The molecule has 0 spiro atoms. The van der Waals surface area contributed by atoms with E-state index in [4.69, 9.17) is 0 Å².